The number of ketones is 1. The van der Waals surface area contributed by atoms with Crippen molar-refractivity contribution in [2.75, 3.05) is 0 Å². The highest BCUT2D eigenvalue weighted by Gasteiger charge is 2.54. The molecule has 2 bridgehead atoms. The monoisotopic (exact) mass is 134 g/mol. The molecule has 4 atom stereocenters. The summed E-state index contributed by atoms with van der Waals surface area (Å²) in [6.45, 7) is 0. The fraction of sp³-hybridized carbons (Fsp3) is 0.667. The number of hydrogen-bond donors (Lipinski definition) is 0. The summed E-state index contributed by atoms with van der Waals surface area (Å²) >= 11 is 0. The highest BCUT2D eigenvalue weighted by molar-refractivity contribution is 5.92. The van der Waals surface area contributed by atoms with E-state index < -0.39 is 0 Å². The predicted octanol–water partition coefficient (Wildman–Crippen LogP) is 1.40. The molecule has 0 aromatic heterocycles. The van der Waals surface area contributed by atoms with Gasteiger partial charge in [-0.3, -0.25) is 4.79 Å². The summed E-state index contributed by atoms with van der Waals surface area (Å²) in [7, 11) is 0. The smallest absolute Gasteiger partial charge is 0.147 e. The second-order valence-corrected chi connectivity index (χ2v) is 3.74. The van der Waals surface area contributed by atoms with Gasteiger partial charge in [0.05, 0.1) is 0 Å². The molecule has 3 aliphatic carbocycles. The van der Waals surface area contributed by atoms with Crippen LogP contribution >= 0.6 is 0 Å². The van der Waals surface area contributed by atoms with Gasteiger partial charge in [-0.25, -0.2) is 0 Å². The Morgan fingerprint density at radius 1 is 1.10 bits per heavy atom. The van der Waals surface area contributed by atoms with E-state index in [9.17, 15) is 4.79 Å². The number of fused-ring (bicyclic) bond motifs is 5. The summed E-state index contributed by atoms with van der Waals surface area (Å²) in [6.07, 6.45) is 6.88. The second-order valence-electron chi connectivity index (χ2n) is 3.74. The summed E-state index contributed by atoms with van der Waals surface area (Å²) in [5.74, 6) is 2.75. The van der Waals surface area contributed by atoms with Gasteiger partial charge in [-0.2, -0.15) is 0 Å². The van der Waals surface area contributed by atoms with Crippen LogP contribution in [0.25, 0.3) is 0 Å². The Hall–Kier alpha value is -0.590. The first-order chi connectivity index (χ1) is 4.88. The number of Topliss-reactive ketones (excluding diaryl/α,β-unsaturated/α-hetero) is 1. The summed E-state index contributed by atoms with van der Waals surface area (Å²) < 4.78 is 0. The Kier molecular flexibility index (Phi) is 0.697. The van der Waals surface area contributed by atoms with E-state index in [0.717, 1.165) is 11.8 Å². The lowest BCUT2D eigenvalue weighted by atomic mass is 9.68. The van der Waals surface area contributed by atoms with Crippen LogP contribution in [-0.2, 0) is 4.79 Å². The topological polar surface area (TPSA) is 17.1 Å². The van der Waals surface area contributed by atoms with Crippen LogP contribution in [0.1, 0.15) is 12.8 Å². The normalized spacial score (nSPS) is 55.0. The lowest BCUT2D eigenvalue weighted by Crippen LogP contribution is -2.28. The lowest BCUT2D eigenvalue weighted by Gasteiger charge is -2.36. The van der Waals surface area contributed by atoms with E-state index in [2.05, 4.69) is 12.2 Å². The van der Waals surface area contributed by atoms with E-state index in [1.54, 1.807) is 0 Å². The van der Waals surface area contributed by atoms with Crippen LogP contribution in [0.4, 0.5) is 0 Å². The molecule has 3 rings (SSSR count). The lowest BCUT2D eigenvalue weighted by molar-refractivity contribution is -0.121. The van der Waals surface area contributed by atoms with Crippen LogP contribution in [0.5, 0.6) is 0 Å². The molecule has 2 unspecified atom stereocenters. The van der Waals surface area contributed by atoms with E-state index >= 15 is 0 Å². The molecule has 1 nitrogen and oxygen atoms in total. The van der Waals surface area contributed by atoms with E-state index in [-0.39, 0.29) is 0 Å². The predicted molar refractivity (Wildman–Crippen MR) is 37.3 cm³/mol. The van der Waals surface area contributed by atoms with Crippen molar-refractivity contribution in [3.63, 3.8) is 0 Å². The van der Waals surface area contributed by atoms with E-state index in [4.69, 9.17) is 0 Å². The maximum atomic E-state index is 11.4. The molecule has 3 aliphatic rings. The summed E-state index contributed by atoms with van der Waals surface area (Å²) in [5.41, 5.74) is 0. The van der Waals surface area contributed by atoms with Crippen molar-refractivity contribution in [3.05, 3.63) is 12.2 Å². The van der Waals surface area contributed by atoms with Gasteiger partial charge in [0.2, 0.25) is 0 Å². The van der Waals surface area contributed by atoms with Gasteiger partial charge in [-0.15, -0.1) is 0 Å². The molecule has 0 spiro atoms. The first-order valence-corrected chi connectivity index (χ1v) is 4.10. The van der Waals surface area contributed by atoms with Gasteiger partial charge < -0.3 is 0 Å². The molecule has 0 aromatic carbocycles. The van der Waals surface area contributed by atoms with Crippen LogP contribution in [0.2, 0.25) is 0 Å². The quantitative estimate of drug-likeness (QED) is 0.458. The Balaban J connectivity index is 2.10. The largest absolute Gasteiger partial charge is 0.298 e. The zero-order valence-corrected chi connectivity index (χ0v) is 5.79. The van der Waals surface area contributed by atoms with Crippen LogP contribution in [0.3, 0.4) is 0 Å². The van der Waals surface area contributed by atoms with Crippen molar-refractivity contribution < 1.29 is 4.79 Å². The van der Waals surface area contributed by atoms with E-state index in [1.165, 1.54) is 12.8 Å². The molecule has 0 aliphatic heterocycles. The molecule has 52 valence electrons. The average molecular weight is 134 g/mol. The molecular weight excluding hydrogens is 124 g/mol. The number of rotatable bonds is 0. The van der Waals surface area contributed by atoms with Gasteiger partial charge in [-0.1, -0.05) is 12.2 Å². The molecule has 0 N–H and O–H groups in total. The third kappa shape index (κ3) is 0.352. The highest BCUT2D eigenvalue weighted by atomic mass is 16.1. The number of hydrogen-bond acceptors (Lipinski definition) is 1. The number of carbonyl (C=O) groups is 1. The van der Waals surface area contributed by atoms with Gasteiger partial charge in [0.25, 0.3) is 0 Å². The van der Waals surface area contributed by atoms with Crippen molar-refractivity contribution in [3.8, 4) is 0 Å². The van der Waals surface area contributed by atoms with Crippen LogP contribution in [0, 0.1) is 23.7 Å². The zero-order chi connectivity index (χ0) is 6.72. The third-order valence-electron chi connectivity index (χ3n) is 3.49. The number of allylic oxidation sites excluding steroid dienone is 2. The Morgan fingerprint density at radius 2 is 1.60 bits per heavy atom. The van der Waals surface area contributed by atoms with E-state index in [1.807, 2.05) is 0 Å². The first kappa shape index (κ1) is 5.11. The van der Waals surface area contributed by atoms with Crippen LogP contribution in [-0.4, -0.2) is 5.78 Å². The molecule has 0 amide bonds. The Bertz CT molecular complexity index is 207. The average Bonchev–Trinajstić information content (AvgIpc) is 2.21. The minimum Gasteiger partial charge on any atom is -0.298 e. The fourth-order valence-corrected chi connectivity index (χ4v) is 2.80. The van der Waals surface area contributed by atoms with Gasteiger partial charge in [0, 0.05) is 11.8 Å². The maximum Gasteiger partial charge on any atom is 0.147 e. The molecule has 10 heavy (non-hydrogen) atoms. The maximum absolute atomic E-state index is 11.4. The summed E-state index contributed by atoms with van der Waals surface area (Å²) in [5, 5.41) is 0. The Labute approximate surface area is 60.1 Å². The molecule has 2 fully saturated rings. The minimum absolute atomic E-state index is 0.351. The van der Waals surface area contributed by atoms with Crippen LogP contribution in [0.15, 0.2) is 12.2 Å². The van der Waals surface area contributed by atoms with Crippen molar-refractivity contribution >= 4 is 5.78 Å². The second kappa shape index (κ2) is 1.36. The first-order valence-electron chi connectivity index (χ1n) is 4.10. The van der Waals surface area contributed by atoms with Gasteiger partial charge in [0.15, 0.2) is 0 Å². The zero-order valence-electron chi connectivity index (χ0n) is 5.79. The van der Waals surface area contributed by atoms with Crippen LogP contribution < -0.4 is 0 Å². The molecular formula is C9H10O. The fourth-order valence-electron chi connectivity index (χ4n) is 2.80. The summed E-state index contributed by atoms with van der Waals surface area (Å²) in [4.78, 5) is 11.4. The summed E-state index contributed by atoms with van der Waals surface area (Å²) in [6, 6.07) is 0. The standard InChI is InChI=1S/C9H10O/c10-9-7-3-4-8(9)6-2-1-5(6)7/h3-8H,1-2H2/t5-,6+,7?,8?. The van der Waals surface area contributed by atoms with Gasteiger partial charge in [-0.05, 0) is 24.7 Å². The van der Waals surface area contributed by atoms with Crippen molar-refractivity contribution in [1.82, 2.24) is 0 Å². The van der Waals surface area contributed by atoms with Crippen molar-refractivity contribution in [2.24, 2.45) is 23.7 Å². The highest BCUT2D eigenvalue weighted by Crippen LogP contribution is 2.55. The van der Waals surface area contributed by atoms with E-state index in [0.29, 0.717) is 17.6 Å². The Morgan fingerprint density at radius 3 is 1.90 bits per heavy atom. The third-order valence-corrected chi connectivity index (χ3v) is 3.49. The van der Waals surface area contributed by atoms with Crippen molar-refractivity contribution in [1.29, 1.82) is 0 Å². The molecule has 2 saturated carbocycles. The SMILES string of the molecule is O=C1C2C=CC1[C@@H]1CC[C@H]21. The molecule has 0 radical (unpaired) electrons. The molecule has 0 heterocycles. The number of carbonyl (C=O) groups excluding carboxylic acids is 1. The molecule has 0 aromatic rings. The molecule has 0 saturated heterocycles. The molecule has 1 heteroatoms. The van der Waals surface area contributed by atoms with Crippen molar-refractivity contribution in [2.45, 2.75) is 12.8 Å². The van der Waals surface area contributed by atoms with Gasteiger partial charge >= 0.3 is 0 Å². The minimum atomic E-state index is 0.351. The van der Waals surface area contributed by atoms with Gasteiger partial charge in [0.1, 0.15) is 5.78 Å².